The molecule has 27 heavy (non-hydrogen) atoms. The molecule has 2 aromatic carbocycles. The largest absolute Gasteiger partial charge is 0.496 e. The van der Waals surface area contributed by atoms with E-state index in [9.17, 15) is 9.59 Å². The zero-order valence-corrected chi connectivity index (χ0v) is 15.9. The molecule has 1 N–H and O–H groups in total. The lowest BCUT2D eigenvalue weighted by molar-refractivity contribution is 0.0946. The third kappa shape index (κ3) is 3.95. The average Bonchev–Trinajstić information content (AvgIpc) is 2.69. The maximum Gasteiger partial charge on any atom is 0.275 e. The molecular formula is C20H20ClN3O3. The summed E-state index contributed by atoms with van der Waals surface area (Å²) in [6, 6.07) is 12.6. The highest BCUT2D eigenvalue weighted by atomic mass is 35.5. The molecule has 0 spiro atoms. The van der Waals surface area contributed by atoms with Crippen LogP contribution >= 0.6 is 11.6 Å². The van der Waals surface area contributed by atoms with Gasteiger partial charge in [-0.15, -0.1) is 0 Å². The number of benzene rings is 2. The Kier molecular flexibility index (Phi) is 5.76. The summed E-state index contributed by atoms with van der Waals surface area (Å²) in [7, 11) is 1.61. The van der Waals surface area contributed by atoms with Crippen molar-refractivity contribution in [3.8, 4) is 5.75 Å². The topological polar surface area (TPSA) is 73.2 Å². The summed E-state index contributed by atoms with van der Waals surface area (Å²) in [6.45, 7) is 2.79. The Bertz CT molecular complexity index is 1050. The van der Waals surface area contributed by atoms with Crippen molar-refractivity contribution in [1.82, 2.24) is 15.1 Å². The molecule has 1 aromatic heterocycles. The van der Waals surface area contributed by atoms with Gasteiger partial charge in [-0.25, -0.2) is 0 Å². The Hall–Kier alpha value is -2.86. The van der Waals surface area contributed by atoms with Crippen LogP contribution in [0, 0.1) is 0 Å². The van der Waals surface area contributed by atoms with Gasteiger partial charge in [-0.1, -0.05) is 29.8 Å². The van der Waals surface area contributed by atoms with Crippen molar-refractivity contribution < 1.29 is 9.53 Å². The quantitative estimate of drug-likeness (QED) is 0.707. The van der Waals surface area contributed by atoms with E-state index < -0.39 is 11.3 Å². The fourth-order valence-corrected chi connectivity index (χ4v) is 3.13. The number of hydrogen-bond donors (Lipinski definition) is 1. The number of nitrogens with zero attached hydrogens (tertiary/aromatic N) is 2. The van der Waals surface area contributed by atoms with Crippen LogP contribution in [0.15, 0.2) is 47.3 Å². The summed E-state index contributed by atoms with van der Waals surface area (Å²) in [4.78, 5) is 25.3. The average molecular weight is 386 g/mol. The second-order valence-corrected chi connectivity index (χ2v) is 6.41. The molecule has 3 aromatic rings. The van der Waals surface area contributed by atoms with Crippen LogP contribution in [0.1, 0.15) is 23.0 Å². The first-order valence-electron chi connectivity index (χ1n) is 8.65. The maximum atomic E-state index is 12.7. The third-order valence-electron chi connectivity index (χ3n) is 4.30. The second-order valence-electron chi connectivity index (χ2n) is 5.97. The van der Waals surface area contributed by atoms with Gasteiger partial charge >= 0.3 is 0 Å². The Morgan fingerprint density at radius 2 is 2.04 bits per heavy atom. The van der Waals surface area contributed by atoms with Gasteiger partial charge in [0.05, 0.1) is 18.0 Å². The predicted octanol–water partition coefficient (Wildman–Crippen LogP) is 3.05. The van der Waals surface area contributed by atoms with Crippen LogP contribution in [0.4, 0.5) is 0 Å². The molecule has 0 aliphatic heterocycles. The predicted molar refractivity (Wildman–Crippen MR) is 106 cm³/mol. The number of nitrogens with one attached hydrogen (secondary N) is 1. The summed E-state index contributed by atoms with van der Waals surface area (Å²) in [5, 5.41) is 7.82. The number of amides is 1. The van der Waals surface area contributed by atoms with Crippen LogP contribution in [0.3, 0.4) is 0 Å². The number of para-hydroxylation sites is 1. The molecule has 7 heteroatoms. The summed E-state index contributed by atoms with van der Waals surface area (Å²) >= 11 is 6.02. The Labute approximate surface area is 161 Å². The summed E-state index contributed by atoms with van der Waals surface area (Å²) in [5.41, 5.74) is 1.07. The molecule has 0 fully saturated rings. The number of halogens is 1. The van der Waals surface area contributed by atoms with Crippen molar-refractivity contribution >= 4 is 28.4 Å². The fourth-order valence-electron chi connectivity index (χ4n) is 2.96. The van der Waals surface area contributed by atoms with Gasteiger partial charge in [0.25, 0.3) is 5.91 Å². The zero-order valence-electron chi connectivity index (χ0n) is 15.2. The number of aromatic nitrogens is 2. The van der Waals surface area contributed by atoms with Gasteiger partial charge in [-0.05, 0) is 43.2 Å². The van der Waals surface area contributed by atoms with Crippen LogP contribution < -0.4 is 15.5 Å². The van der Waals surface area contributed by atoms with Crippen molar-refractivity contribution in [2.45, 2.75) is 19.9 Å². The van der Waals surface area contributed by atoms with Gasteiger partial charge in [0.2, 0.25) is 5.43 Å². The zero-order chi connectivity index (χ0) is 19.4. The normalized spacial score (nSPS) is 10.8. The van der Waals surface area contributed by atoms with E-state index in [0.717, 1.165) is 11.3 Å². The Balaban J connectivity index is 1.83. The minimum Gasteiger partial charge on any atom is -0.496 e. The minimum atomic E-state index is -0.501. The summed E-state index contributed by atoms with van der Waals surface area (Å²) in [5.74, 6) is 0.262. The van der Waals surface area contributed by atoms with Crippen molar-refractivity contribution in [2.24, 2.45) is 0 Å². The highest BCUT2D eigenvalue weighted by molar-refractivity contribution is 6.31. The molecule has 140 valence electrons. The van der Waals surface area contributed by atoms with Crippen LogP contribution in [-0.4, -0.2) is 29.3 Å². The molecular weight excluding hydrogens is 366 g/mol. The third-order valence-corrected chi connectivity index (χ3v) is 4.54. The van der Waals surface area contributed by atoms with Crippen LogP contribution in [0.2, 0.25) is 5.02 Å². The van der Waals surface area contributed by atoms with E-state index in [1.54, 1.807) is 30.0 Å². The van der Waals surface area contributed by atoms with E-state index in [-0.39, 0.29) is 5.69 Å². The lowest BCUT2D eigenvalue weighted by atomic mass is 10.1. The van der Waals surface area contributed by atoms with E-state index in [1.807, 2.05) is 31.2 Å². The van der Waals surface area contributed by atoms with E-state index in [2.05, 4.69) is 10.4 Å². The lowest BCUT2D eigenvalue weighted by Crippen LogP contribution is -2.33. The number of rotatable bonds is 6. The van der Waals surface area contributed by atoms with Gasteiger partial charge in [-0.3, -0.25) is 14.3 Å². The number of hydrogen-bond acceptors (Lipinski definition) is 4. The Morgan fingerprint density at radius 3 is 2.78 bits per heavy atom. The number of carbonyl (C=O) groups is 1. The van der Waals surface area contributed by atoms with Crippen LogP contribution in [0.25, 0.3) is 10.9 Å². The monoisotopic (exact) mass is 385 g/mol. The summed E-state index contributed by atoms with van der Waals surface area (Å²) < 4.78 is 6.93. The molecule has 0 saturated carbocycles. The molecule has 0 bridgehead atoms. The first-order chi connectivity index (χ1) is 13.0. The molecule has 0 aliphatic rings. The first kappa shape index (κ1) is 18.9. The van der Waals surface area contributed by atoms with Gasteiger partial charge < -0.3 is 10.1 Å². The molecule has 0 saturated heterocycles. The fraction of sp³-hybridized carbons (Fsp3) is 0.250. The lowest BCUT2D eigenvalue weighted by Gasteiger charge is -2.11. The van der Waals surface area contributed by atoms with Crippen molar-refractivity contribution in [2.75, 3.05) is 13.7 Å². The number of ether oxygens (including phenoxy) is 1. The number of carbonyl (C=O) groups excluding carboxylic acids is 1. The molecule has 0 unspecified atom stereocenters. The van der Waals surface area contributed by atoms with Crippen molar-refractivity contribution in [1.29, 1.82) is 0 Å². The van der Waals surface area contributed by atoms with Crippen LogP contribution in [-0.2, 0) is 13.0 Å². The SMILES string of the molecule is CCn1nc(C(=O)NCCc2ccccc2OC)c(=O)c2cc(Cl)ccc21. The van der Waals surface area contributed by atoms with E-state index >= 15 is 0 Å². The summed E-state index contributed by atoms with van der Waals surface area (Å²) in [6.07, 6.45) is 0.580. The number of methoxy groups -OCH3 is 1. The Morgan fingerprint density at radius 1 is 1.26 bits per heavy atom. The van der Waals surface area contributed by atoms with E-state index in [1.165, 1.54) is 0 Å². The van der Waals surface area contributed by atoms with E-state index in [4.69, 9.17) is 16.3 Å². The smallest absolute Gasteiger partial charge is 0.275 e. The van der Waals surface area contributed by atoms with Crippen LogP contribution in [0.5, 0.6) is 5.75 Å². The van der Waals surface area contributed by atoms with Crippen molar-refractivity contribution in [3.63, 3.8) is 0 Å². The highest BCUT2D eigenvalue weighted by Gasteiger charge is 2.17. The molecule has 1 amide bonds. The van der Waals surface area contributed by atoms with Gasteiger partial charge in [0.15, 0.2) is 5.69 Å². The molecule has 6 nitrogen and oxygen atoms in total. The second kappa shape index (κ2) is 8.22. The number of aryl methyl sites for hydroxylation is 1. The van der Waals surface area contributed by atoms with Crippen molar-refractivity contribution in [3.05, 3.63) is 69.0 Å². The number of fused-ring (bicyclic) bond motifs is 1. The molecule has 0 aliphatic carbocycles. The molecule has 1 heterocycles. The van der Waals surface area contributed by atoms with Gasteiger partial charge in [0, 0.05) is 18.1 Å². The molecule has 3 rings (SSSR count). The molecule has 0 radical (unpaired) electrons. The highest BCUT2D eigenvalue weighted by Crippen LogP contribution is 2.18. The van der Waals surface area contributed by atoms with Gasteiger partial charge in [-0.2, -0.15) is 5.10 Å². The van der Waals surface area contributed by atoms with E-state index in [0.29, 0.717) is 35.4 Å². The maximum absolute atomic E-state index is 12.7. The first-order valence-corrected chi connectivity index (χ1v) is 9.03. The standard InChI is InChI=1S/C20H20ClN3O3/c1-3-24-16-9-8-14(21)12-15(16)19(25)18(23-24)20(26)22-11-10-13-6-4-5-7-17(13)27-2/h4-9,12H,3,10-11H2,1-2H3,(H,22,26). The minimum absolute atomic E-state index is 0.133. The van der Waals surface area contributed by atoms with Gasteiger partial charge in [0.1, 0.15) is 5.75 Å². The molecule has 0 atom stereocenters.